The summed E-state index contributed by atoms with van der Waals surface area (Å²) in [5.41, 5.74) is -0.337. The Labute approximate surface area is 212 Å². The number of hydrogen-bond acceptors (Lipinski definition) is 6. The van der Waals surface area contributed by atoms with Gasteiger partial charge in [0.2, 0.25) is 11.8 Å². The van der Waals surface area contributed by atoms with Crippen LogP contribution in [-0.4, -0.2) is 85.1 Å². The minimum absolute atomic E-state index is 0.0132. The van der Waals surface area contributed by atoms with Crippen LogP contribution in [0.5, 0.6) is 5.88 Å². The summed E-state index contributed by atoms with van der Waals surface area (Å²) in [6.45, 7) is 6.18. The summed E-state index contributed by atoms with van der Waals surface area (Å²) in [6, 6.07) is -0.109. The average molecular weight is 519 g/mol. The molecule has 2 amide bonds. The van der Waals surface area contributed by atoms with Gasteiger partial charge in [-0.2, -0.15) is 9.61 Å². The van der Waals surface area contributed by atoms with Crippen LogP contribution in [-0.2, 0) is 11.3 Å². The molecule has 0 bridgehead atoms. The third-order valence-electron chi connectivity index (χ3n) is 7.22. The predicted octanol–water partition coefficient (Wildman–Crippen LogP) is 1.70. The molecule has 0 spiro atoms. The molecule has 1 aliphatic heterocycles. The minimum atomic E-state index is -2.57. The van der Waals surface area contributed by atoms with Crippen molar-refractivity contribution in [3.05, 3.63) is 33.8 Å². The molecule has 2 aromatic rings. The molecule has 10 nitrogen and oxygen atoms in total. The number of piperazine rings is 1. The van der Waals surface area contributed by atoms with E-state index in [9.17, 15) is 28.3 Å². The molecule has 0 atom stereocenters. The van der Waals surface area contributed by atoms with Crippen molar-refractivity contribution in [3.8, 4) is 5.88 Å². The van der Waals surface area contributed by atoms with Crippen LogP contribution in [0.4, 0.5) is 8.78 Å². The molecular formula is C25H32F2N6O4. The Morgan fingerprint density at radius 3 is 2.49 bits per heavy atom. The van der Waals surface area contributed by atoms with Crippen molar-refractivity contribution in [1.29, 1.82) is 0 Å². The van der Waals surface area contributed by atoms with E-state index < -0.39 is 23.3 Å². The molecule has 0 unspecified atom stereocenters. The van der Waals surface area contributed by atoms with E-state index in [0.717, 1.165) is 17.4 Å². The van der Waals surface area contributed by atoms with Crippen molar-refractivity contribution in [3.63, 3.8) is 0 Å². The molecule has 200 valence electrons. The first-order valence-corrected chi connectivity index (χ1v) is 12.8. The van der Waals surface area contributed by atoms with Crippen molar-refractivity contribution in [1.82, 2.24) is 29.3 Å². The van der Waals surface area contributed by atoms with Crippen LogP contribution in [0.1, 0.15) is 55.5 Å². The molecule has 0 aromatic carbocycles. The highest BCUT2D eigenvalue weighted by Crippen LogP contribution is 2.40. The van der Waals surface area contributed by atoms with Gasteiger partial charge in [0.15, 0.2) is 5.56 Å². The highest BCUT2D eigenvalue weighted by molar-refractivity contribution is 5.97. The summed E-state index contributed by atoms with van der Waals surface area (Å²) in [5, 5.41) is 17.9. The molecule has 0 radical (unpaired) electrons. The number of carbonyl (C=O) groups excluding carboxylic acids is 2. The SMILES string of the molecule is CC(C)Cn1c(O)c(C(=O)NC2CC2)c(=O)n2ncc(C=CC(=O)N3CCN(C4CC(F)(F)C4)CC3)c12. The maximum atomic E-state index is 13.2. The molecule has 3 fully saturated rings. The number of aromatic nitrogens is 3. The largest absolute Gasteiger partial charge is 0.494 e. The molecular weight excluding hydrogens is 486 g/mol. The zero-order valence-corrected chi connectivity index (χ0v) is 21.0. The van der Waals surface area contributed by atoms with Gasteiger partial charge in [0.05, 0.1) is 6.20 Å². The fraction of sp³-hybridized carbons (Fsp3) is 0.600. The Bertz CT molecular complexity index is 1300. The molecule has 12 heteroatoms. The van der Waals surface area contributed by atoms with Crippen molar-refractivity contribution in [2.24, 2.45) is 5.92 Å². The molecule has 2 N–H and O–H groups in total. The summed E-state index contributed by atoms with van der Waals surface area (Å²) < 4.78 is 29.0. The molecule has 1 saturated heterocycles. The monoisotopic (exact) mass is 518 g/mol. The van der Waals surface area contributed by atoms with E-state index in [1.165, 1.54) is 16.8 Å². The van der Waals surface area contributed by atoms with Crippen LogP contribution in [0.25, 0.3) is 11.7 Å². The van der Waals surface area contributed by atoms with E-state index in [2.05, 4.69) is 10.4 Å². The second kappa shape index (κ2) is 9.55. The van der Waals surface area contributed by atoms with E-state index in [1.54, 1.807) is 11.0 Å². The highest BCUT2D eigenvalue weighted by atomic mass is 19.3. The van der Waals surface area contributed by atoms with Gasteiger partial charge in [-0.25, -0.2) is 8.78 Å². The third kappa shape index (κ3) is 5.11. The van der Waals surface area contributed by atoms with Crippen molar-refractivity contribution >= 4 is 23.5 Å². The summed E-state index contributed by atoms with van der Waals surface area (Å²) in [5.74, 6) is -3.78. The Morgan fingerprint density at radius 1 is 1.22 bits per heavy atom. The zero-order valence-electron chi connectivity index (χ0n) is 21.0. The second-order valence-electron chi connectivity index (χ2n) is 10.7. The van der Waals surface area contributed by atoms with Crippen molar-refractivity contribution in [2.45, 2.75) is 64.1 Å². The maximum absolute atomic E-state index is 13.2. The number of amides is 2. The van der Waals surface area contributed by atoms with E-state index >= 15 is 0 Å². The van der Waals surface area contributed by atoms with Gasteiger partial charge < -0.3 is 15.3 Å². The van der Waals surface area contributed by atoms with E-state index in [1.807, 2.05) is 18.7 Å². The van der Waals surface area contributed by atoms with Gasteiger partial charge in [-0.05, 0) is 24.8 Å². The number of hydrogen-bond donors (Lipinski definition) is 2. The van der Waals surface area contributed by atoms with Crippen LogP contribution in [0, 0.1) is 5.92 Å². The Balaban J connectivity index is 1.36. The highest BCUT2D eigenvalue weighted by Gasteiger charge is 2.48. The minimum Gasteiger partial charge on any atom is -0.494 e. The van der Waals surface area contributed by atoms with Crippen LogP contribution in [0.15, 0.2) is 17.1 Å². The number of nitrogens with zero attached hydrogens (tertiary/aromatic N) is 5. The van der Waals surface area contributed by atoms with Gasteiger partial charge in [0, 0.05) is 69.3 Å². The number of aromatic hydroxyl groups is 1. The molecule has 3 aliphatic rings. The number of fused-ring (bicyclic) bond motifs is 1. The van der Waals surface area contributed by atoms with Crippen molar-refractivity contribution in [2.75, 3.05) is 26.2 Å². The lowest BCUT2D eigenvalue weighted by Crippen LogP contribution is -2.57. The van der Waals surface area contributed by atoms with Crippen LogP contribution in [0.2, 0.25) is 0 Å². The molecule has 2 aliphatic carbocycles. The molecule has 5 rings (SSSR count). The number of halogens is 2. The van der Waals surface area contributed by atoms with E-state index in [0.29, 0.717) is 43.9 Å². The topological polar surface area (TPSA) is 112 Å². The standard InChI is InChI=1S/C25H32F2N6O4/c1-15(2)14-32-22-16(13-28-33(22)24(37)20(23(32)36)21(35)29-17-4-5-17)3-6-19(34)31-9-7-30(8-10-31)18-11-25(26,27)12-18/h3,6,13,15,17-18,36H,4-5,7-12,14H2,1-2H3,(H,29,35). The second-order valence-corrected chi connectivity index (χ2v) is 10.7. The number of carbonyl (C=O) groups is 2. The maximum Gasteiger partial charge on any atom is 0.291 e. The van der Waals surface area contributed by atoms with Gasteiger partial charge in [-0.1, -0.05) is 13.8 Å². The first kappa shape index (κ1) is 25.4. The van der Waals surface area contributed by atoms with Gasteiger partial charge in [-0.15, -0.1) is 0 Å². The summed E-state index contributed by atoms with van der Waals surface area (Å²) in [7, 11) is 0. The summed E-state index contributed by atoms with van der Waals surface area (Å²) >= 11 is 0. The quantitative estimate of drug-likeness (QED) is 0.540. The van der Waals surface area contributed by atoms with Gasteiger partial charge >= 0.3 is 0 Å². The normalized spacial score (nSPS) is 20.6. The summed E-state index contributed by atoms with van der Waals surface area (Å²) in [4.78, 5) is 42.3. The smallest absolute Gasteiger partial charge is 0.291 e. The lowest BCUT2D eigenvalue weighted by Gasteiger charge is -2.46. The molecule has 2 aromatic heterocycles. The van der Waals surface area contributed by atoms with E-state index in [-0.39, 0.29) is 42.3 Å². The van der Waals surface area contributed by atoms with Crippen LogP contribution in [0.3, 0.4) is 0 Å². The number of alkyl halides is 2. The Hall–Kier alpha value is -3.28. The fourth-order valence-corrected chi connectivity index (χ4v) is 5.01. The Morgan fingerprint density at radius 2 is 1.89 bits per heavy atom. The molecule has 37 heavy (non-hydrogen) atoms. The molecule has 3 heterocycles. The van der Waals surface area contributed by atoms with Crippen molar-refractivity contribution < 1.29 is 23.5 Å². The van der Waals surface area contributed by atoms with Gasteiger partial charge in [0.25, 0.3) is 17.4 Å². The lowest BCUT2D eigenvalue weighted by atomic mass is 9.86. The summed E-state index contributed by atoms with van der Waals surface area (Å²) in [6.07, 6.45) is 5.79. The zero-order chi connectivity index (χ0) is 26.5. The predicted molar refractivity (Wildman–Crippen MR) is 132 cm³/mol. The van der Waals surface area contributed by atoms with Crippen LogP contribution >= 0.6 is 0 Å². The number of rotatable bonds is 7. The van der Waals surface area contributed by atoms with E-state index in [4.69, 9.17) is 0 Å². The first-order valence-electron chi connectivity index (χ1n) is 12.8. The fourth-order valence-electron chi connectivity index (χ4n) is 5.01. The van der Waals surface area contributed by atoms with Crippen LogP contribution < -0.4 is 10.9 Å². The Kier molecular flexibility index (Phi) is 6.55. The first-order chi connectivity index (χ1) is 17.5. The van der Waals surface area contributed by atoms with Gasteiger partial charge in [-0.3, -0.25) is 23.9 Å². The average Bonchev–Trinajstić information content (AvgIpc) is 3.53. The third-order valence-corrected chi connectivity index (χ3v) is 7.22. The lowest BCUT2D eigenvalue weighted by molar-refractivity contribution is -0.139. The number of nitrogens with one attached hydrogen (secondary N) is 1. The van der Waals surface area contributed by atoms with Gasteiger partial charge in [0.1, 0.15) is 5.65 Å². The molecule has 2 saturated carbocycles.